The van der Waals surface area contributed by atoms with E-state index in [4.69, 9.17) is 0 Å². The molecular weight excluding hydrogens is 314 g/mol. The van der Waals surface area contributed by atoms with Crippen LogP contribution in [-0.4, -0.2) is 43.9 Å². The standard InChI is InChI=1S/C19H19N5O/c1-2-14-10-20-9-8-17(14)19(25)23-11-16(12-23)24-13-18(21-22-24)15-6-4-3-5-7-15/h3-10,13,16H,2,11-12H2,1H3. The molecule has 0 N–H and O–H groups in total. The summed E-state index contributed by atoms with van der Waals surface area (Å²) in [6, 6.07) is 12.0. The zero-order chi connectivity index (χ0) is 17.2. The van der Waals surface area contributed by atoms with E-state index in [9.17, 15) is 4.79 Å². The summed E-state index contributed by atoms with van der Waals surface area (Å²) in [5, 5.41) is 8.48. The average molecular weight is 333 g/mol. The van der Waals surface area contributed by atoms with Gasteiger partial charge in [-0.15, -0.1) is 5.10 Å². The van der Waals surface area contributed by atoms with E-state index in [1.807, 2.05) is 53.0 Å². The molecule has 6 nitrogen and oxygen atoms in total. The van der Waals surface area contributed by atoms with E-state index in [0.717, 1.165) is 28.8 Å². The van der Waals surface area contributed by atoms with Crippen LogP contribution in [0.4, 0.5) is 0 Å². The highest BCUT2D eigenvalue weighted by molar-refractivity contribution is 5.96. The maximum Gasteiger partial charge on any atom is 0.254 e. The highest BCUT2D eigenvalue weighted by Gasteiger charge is 2.34. The van der Waals surface area contributed by atoms with Gasteiger partial charge in [-0.25, -0.2) is 4.68 Å². The Balaban J connectivity index is 1.44. The summed E-state index contributed by atoms with van der Waals surface area (Å²) >= 11 is 0. The molecule has 0 radical (unpaired) electrons. The number of hydrogen-bond donors (Lipinski definition) is 0. The minimum absolute atomic E-state index is 0.0684. The van der Waals surface area contributed by atoms with E-state index >= 15 is 0 Å². The van der Waals surface area contributed by atoms with Crippen molar-refractivity contribution in [1.82, 2.24) is 24.9 Å². The van der Waals surface area contributed by atoms with Gasteiger partial charge in [0.15, 0.2) is 0 Å². The van der Waals surface area contributed by atoms with Gasteiger partial charge < -0.3 is 4.90 Å². The third-order valence-electron chi connectivity index (χ3n) is 4.62. The number of benzene rings is 1. The molecule has 1 aliphatic rings. The number of carbonyl (C=O) groups is 1. The highest BCUT2D eigenvalue weighted by Crippen LogP contribution is 2.25. The molecule has 1 aliphatic heterocycles. The van der Waals surface area contributed by atoms with Gasteiger partial charge in [-0.3, -0.25) is 9.78 Å². The van der Waals surface area contributed by atoms with E-state index in [1.54, 1.807) is 18.5 Å². The number of aryl methyl sites for hydroxylation is 1. The molecule has 2 aromatic heterocycles. The van der Waals surface area contributed by atoms with Crippen molar-refractivity contribution in [2.75, 3.05) is 13.1 Å². The Morgan fingerprint density at radius 3 is 2.76 bits per heavy atom. The van der Waals surface area contributed by atoms with Crippen LogP contribution in [0, 0.1) is 0 Å². The van der Waals surface area contributed by atoms with Crippen LogP contribution in [0.3, 0.4) is 0 Å². The van der Waals surface area contributed by atoms with Crippen molar-refractivity contribution >= 4 is 5.91 Å². The first kappa shape index (κ1) is 15.5. The molecule has 1 saturated heterocycles. The molecule has 0 bridgehead atoms. The number of aromatic nitrogens is 4. The van der Waals surface area contributed by atoms with E-state index in [1.165, 1.54) is 0 Å². The van der Waals surface area contributed by atoms with Crippen LogP contribution in [0.1, 0.15) is 28.9 Å². The van der Waals surface area contributed by atoms with Gasteiger partial charge in [0.2, 0.25) is 0 Å². The Morgan fingerprint density at radius 1 is 1.20 bits per heavy atom. The maximum atomic E-state index is 12.7. The van der Waals surface area contributed by atoms with Gasteiger partial charge >= 0.3 is 0 Å². The molecule has 126 valence electrons. The summed E-state index contributed by atoms with van der Waals surface area (Å²) < 4.78 is 1.86. The molecule has 3 aromatic rings. The Morgan fingerprint density at radius 2 is 2.00 bits per heavy atom. The van der Waals surface area contributed by atoms with E-state index < -0.39 is 0 Å². The molecule has 1 amide bonds. The second kappa shape index (κ2) is 6.47. The van der Waals surface area contributed by atoms with Gasteiger partial charge in [0, 0.05) is 36.6 Å². The third-order valence-corrected chi connectivity index (χ3v) is 4.62. The topological polar surface area (TPSA) is 63.9 Å². The molecule has 25 heavy (non-hydrogen) atoms. The lowest BCUT2D eigenvalue weighted by Gasteiger charge is -2.39. The summed E-state index contributed by atoms with van der Waals surface area (Å²) in [6.07, 6.45) is 6.20. The zero-order valence-corrected chi connectivity index (χ0v) is 14.0. The smallest absolute Gasteiger partial charge is 0.254 e. The maximum absolute atomic E-state index is 12.7. The van der Waals surface area contributed by atoms with E-state index in [0.29, 0.717) is 13.1 Å². The van der Waals surface area contributed by atoms with Gasteiger partial charge in [0.25, 0.3) is 5.91 Å². The number of nitrogens with zero attached hydrogens (tertiary/aromatic N) is 5. The number of carbonyl (C=O) groups excluding carboxylic acids is 1. The first-order chi connectivity index (χ1) is 12.3. The average Bonchev–Trinajstić information content (AvgIpc) is 3.10. The zero-order valence-electron chi connectivity index (χ0n) is 14.0. The van der Waals surface area contributed by atoms with Crippen LogP contribution in [0.15, 0.2) is 55.0 Å². The van der Waals surface area contributed by atoms with Crippen molar-refractivity contribution in [1.29, 1.82) is 0 Å². The number of pyridine rings is 1. The molecule has 0 unspecified atom stereocenters. The van der Waals surface area contributed by atoms with Gasteiger partial charge in [-0.1, -0.05) is 42.5 Å². The first-order valence-corrected chi connectivity index (χ1v) is 8.45. The van der Waals surface area contributed by atoms with Gasteiger partial charge in [0.1, 0.15) is 5.69 Å². The molecule has 0 saturated carbocycles. The Kier molecular flexibility index (Phi) is 4.01. The predicted octanol–water partition coefficient (Wildman–Crippen LogP) is 2.60. The van der Waals surface area contributed by atoms with Crippen molar-refractivity contribution in [3.63, 3.8) is 0 Å². The third kappa shape index (κ3) is 2.91. The fraction of sp³-hybridized carbons (Fsp3) is 0.263. The minimum Gasteiger partial charge on any atom is -0.334 e. The van der Waals surface area contributed by atoms with Crippen LogP contribution in [0.5, 0.6) is 0 Å². The summed E-state index contributed by atoms with van der Waals surface area (Å²) in [4.78, 5) is 18.6. The van der Waals surface area contributed by atoms with Crippen molar-refractivity contribution in [2.24, 2.45) is 0 Å². The largest absolute Gasteiger partial charge is 0.334 e. The van der Waals surface area contributed by atoms with Crippen molar-refractivity contribution < 1.29 is 4.79 Å². The number of hydrogen-bond acceptors (Lipinski definition) is 4. The summed E-state index contributed by atoms with van der Waals surface area (Å²) in [6.45, 7) is 3.34. The van der Waals surface area contributed by atoms with Crippen LogP contribution in [0.2, 0.25) is 0 Å². The normalized spacial score (nSPS) is 14.4. The van der Waals surface area contributed by atoms with Crippen molar-refractivity contribution in [2.45, 2.75) is 19.4 Å². The molecule has 0 atom stereocenters. The highest BCUT2D eigenvalue weighted by atomic mass is 16.2. The summed E-state index contributed by atoms with van der Waals surface area (Å²) in [7, 11) is 0. The Bertz CT molecular complexity index is 884. The van der Waals surface area contributed by atoms with Crippen LogP contribution in [0.25, 0.3) is 11.3 Å². The number of amides is 1. The van der Waals surface area contributed by atoms with Crippen molar-refractivity contribution in [3.8, 4) is 11.3 Å². The van der Waals surface area contributed by atoms with E-state index in [2.05, 4.69) is 15.3 Å². The SMILES string of the molecule is CCc1cnccc1C(=O)N1CC(n2cc(-c3ccccc3)nn2)C1. The predicted molar refractivity (Wildman–Crippen MR) is 94.0 cm³/mol. The monoisotopic (exact) mass is 333 g/mol. The fourth-order valence-corrected chi connectivity index (χ4v) is 3.07. The number of likely N-dealkylation sites (tertiary alicyclic amines) is 1. The fourth-order valence-electron chi connectivity index (χ4n) is 3.07. The first-order valence-electron chi connectivity index (χ1n) is 8.45. The molecule has 0 spiro atoms. The van der Waals surface area contributed by atoms with Crippen LogP contribution < -0.4 is 0 Å². The Hall–Kier alpha value is -3.02. The van der Waals surface area contributed by atoms with Crippen molar-refractivity contribution in [3.05, 3.63) is 66.1 Å². The minimum atomic E-state index is 0.0684. The summed E-state index contributed by atoms with van der Waals surface area (Å²) in [5.74, 6) is 0.0684. The lowest BCUT2D eigenvalue weighted by atomic mass is 10.0. The molecule has 6 heteroatoms. The molecule has 0 aliphatic carbocycles. The van der Waals surface area contributed by atoms with Crippen LogP contribution in [-0.2, 0) is 6.42 Å². The second-order valence-electron chi connectivity index (χ2n) is 6.20. The lowest BCUT2D eigenvalue weighted by molar-refractivity contribution is 0.0497. The van der Waals surface area contributed by atoms with Gasteiger partial charge in [0.05, 0.1) is 12.2 Å². The van der Waals surface area contributed by atoms with Gasteiger partial charge in [-0.05, 0) is 18.1 Å². The molecular formula is C19H19N5O. The van der Waals surface area contributed by atoms with E-state index in [-0.39, 0.29) is 11.9 Å². The lowest BCUT2D eigenvalue weighted by Crippen LogP contribution is -2.51. The molecule has 4 rings (SSSR count). The summed E-state index contributed by atoms with van der Waals surface area (Å²) in [5.41, 5.74) is 3.64. The quantitative estimate of drug-likeness (QED) is 0.736. The molecule has 3 heterocycles. The number of rotatable bonds is 4. The second-order valence-corrected chi connectivity index (χ2v) is 6.20. The molecule has 1 aromatic carbocycles. The molecule has 1 fully saturated rings. The van der Waals surface area contributed by atoms with Crippen LogP contribution >= 0.6 is 0 Å². The Labute approximate surface area is 146 Å². The van der Waals surface area contributed by atoms with Gasteiger partial charge in [-0.2, -0.15) is 0 Å².